The lowest BCUT2D eigenvalue weighted by Crippen LogP contribution is -2.41. The fraction of sp³-hybridized carbons (Fsp3) is 0.667. The van der Waals surface area contributed by atoms with E-state index in [1.54, 1.807) is 6.20 Å². The van der Waals surface area contributed by atoms with Gasteiger partial charge in [0.1, 0.15) is 0 Å². The molecule has 0 aromatic carbocycles. The molecule has 0 atom stereocenters. The molecule has 1 saturated carbocycles. The van der Waals surface area contributed by atoms with Gasteiger partial charge in [0.2, 0.25) is 0 Å². The van der Waals surface area contributed by atoms with Gasteiger partial charge in [-0.15, -0.1) is 0 Å². The zero-order valence-corrected chi connectivity index (χ0v) is 9.97. The minimum atomic E-state index is -0.00836. The van der Waals surface area contributed by atoms with Crippen molar-refractivity contribution in [3.05, 3.63) is 17.5 Å². The maximum atomic E-state index is 11.9. The Morgan fingerprint density at radius 2 is 2.38 bits per heavy atom. The van der Waals surface area contributed by atoms with Gasteiger partial charge in [-0.3, -0.25) is 9.89 Å². The van der Waals surface area contributed by atoms with Crippen LogP contribution in [0.2, 0.25) is 0 Å². The highest BCUT2D eigenvalue weighted by Crippen LogP contribution is 2.43. The van der Waals surface area contributed by atoms with Crippen LogP contribution in [0.5, 0.6) is 0 Å². The van der Waals surface area contributed by atoms with E-state index in [2.05, 4.69) is 22.4 Å². The Labute approximate surface area is 95.8 Å². The SMILES string of the molecule is CCC1(CNC(=O)c2cn[nH]c2C)CCC1. The summed E-state index contributed by atoms with van der Waals surface area (Å²) in [4.78, 5) is 11.9. The van der Waals surface area contributed by atoms with Crippen LogP contribution in [0, 0.1) is 12.3 Å². The number of rotatable bonds is 4. The third kappa shape index (κ3) is 1.96. The van der Waals surface area contributed by atoms with Crippen LogP contribution in [0.15, 0.2) is 6.20 Å². The van der Waals surface area contributed by atoms with Crippen molar-refractivity contribution in [2.24, 2.45) is 5.41 Å². The summed E-state index contributed by atoms with van der Waals surface area (Å²) < 4.78 is 0. The van der Waals surface area contributed by atoms with Crippen molar-refractivity contribution in [1.82, 2.24) is 15.5 Å². The van der Waals surface area contributed by atoms with Gasteiger partial charge in [-0.2, -0.15) is 5.10 Å². The van der Waals surface area contributed by atoms with Crippen molar-refractivity contribution in [2.75, 3.05) is 6.54 Å². The molecule has 0 saturated heterocycles. The van der Waals surface area contributed by atoms with Crippen molar-refractivity contribution >= 4 is 5.91 Å². The van der Waals surface area contributed by atoms with Gasteiger partial charge in [0, 0.05) is 12.2 Å². The number of hydrogen-bond donors (Lipinski definition) is 2. The van der Waals surface area contributed by atoms with Gasteiger partial charge in [-0.25, -0.2) is 0 Å². The minimum Gasteiger partial charge on any atom is -0.351 e. The summed E-state index contributed by atoms with van der Waals surface area (Å²) in [7, 11) is 0. The lowest BCUT2D eigenvalue weighted by Gasteiger charge is -2.41. The second kappa shape index (κ2) is 4.28. The van der Waals surface area contributed by atoms with Crippen LogP contribution in [-0.2, 0) is 0 Å². The molecule has 0 spiro atoms. The van der Waals surface area contributed by atoms with E-state index in [1.165, 1.54) is 19.3 Å². The standard InChI is InChI=1S/C12H19N3O/c1-3-12(5-4-6-12)8-13-11(16)10-7-14-15-9(10)2/h7H,3-6,8H2,1-2H3,(H,13,16)(H,14,15). The van der Waals surface area contributed by atoms with Crippen LogP contribution >= 0.6 is 0 Å². The zero-order valence-electron chi connectivity index (χ0n) is 9.97. The number of nitrogens with one attached hydrogen (secondary N) is 2. The molecule has 2 N–H and O–H groups in total. The molecule has 1 aromatic heterocycles. The van der Waals surface area contributed by atoms with Gasteiger partial charge < -0.3 is 5.32 Å². The first kappa shape index (κ1) is 11.2. The molecule has 1 amide bonds. The summed E-state index contributed by atoms with van der Waals surface area (Å²) in [6, 6.07) is 0. The molecule has 0 unspecified atom stereocenters. The number of carbonyl (C=O) groups is 1. The van der Waals surface area contributed by atoms with E-state index in [0.717, 1.165) is 18.7 Å². The third-order valence-corrected chi connectivity index (χ3v) is 3.86. The first-order valence-corrected chi connectivity index (χ1v) is 5.95. The topological polar surface area (TPSA) is 57.8 Å². The second-order valence-electron chi connectivity index (χ2n) is 4.80. The molecule has 1 heterocycles. The predicted octanol–water partition coefficient (Wildman–Crippen LogP) is 2.03. The van der Waals surface area contributed by atoms with Crippen LogP contribution in [0.3, 0.4) is 0 Å². The van der Waals surface area contributed by atoms with E-state index in [-0.39, 0.29) is 5.91 Å². The molecule has 0 aliphatic heterocycles. The van der Waals surface area contributed by atoms with Crippen molar-refractivity contribution in [2.45, 2.75) is 39.5 Å². The molecule has 88 valence electrons. The summed E-state index contributed by atoms with van der Waals surface area (Å²) >= 11 is 0. The van der Waals surface area contributed by atoms with E-state index in [9.17, 15) is 4.79 Å². The Balaban J connectivity index is 1.91. The normalized spacial score (nSPS) is 17.9. The van der Waals surface area contributed by atoms with E-state index in [4.69, 9.17) is 0 Å². The zero-order chi connectivity index (χ0) is 11.6. The van der Waals surface area contributed by atoms with Crippen molar-refractivity contribution in [3.63, 3.8) is 0 Å². The maximum Gasteiger partial charge on any atom is 0.254 e. The molecule has 1 aromatic rings. The van der Waals surface area contributed by atoms with Crippen molar-refractivity contribution < 1.29 is 4.79 Å². The lowest BCUT2D eigenvalue weighted by molar-refractivity contribution is 0.0849. The largest absolute Gasteiger partial charge is 0.351 e. The molecule has 1 fully saturated rings. The van der Waals surface area contributed by atoms with Crippen LogP contribution in [0.4, 0.5) is 0 Å². The van der Waals surface area contributed by atoms with E-state index >= 15 is 0 Å². The van der Waals surface area contributed by atoms with Gasteiger partial charge in [-0.1, -0.05) is 13.3 Å². The number of aromatic amines is 1. The summed E-state index contributed by atoms with van der Waals surface area (Å²) in [6.07, 6.45) is 6.53. The van der Waals surface area contributed by atoms with Gasteiger partial charge >= 0.3 is 0 Å². The Morgan fingerprint density at radius 1 is 1.62 bits per heavy atom. The first-order chi connectivity index (χ1) is 7.67. The Hall–Kier alpha value is -1.32. The van der Waals surface area contributed by atoms with Crippen molar-refractivity contribution in [1.29, 1.82) is 0 Å². The molecule has 4 nitrogen and oxygen atoms in total. The molecule has 1 aliphatic carbocycles. The minimum absolute atomic E-state index is 0.00836. The molecule has 2 rings (SSSR count). The second-order valence-corrected chi connectivity index (χ2v) is 4.80. The molecule has 16 heavy (non-hydrogen) atoms. The average molecular weight is 221 g/mol. The van der Waals surface area contributed by atoms with Crippen molar-refractivity contribution in [3.8, 4) is 0 Å². The summed E-state index contributed by atoms with van der Waals surface area (Å²) in [5.41, 5.74) is 1.86. The number of H-pyrrole nitrogens is 1. The highest BCUT2D eigenvalue weighted by Gasteiger charge is 2.35. The predicted molar refractivity (Wildman–Crippen MR) is 62.2 cm³/mol. The van der Waals surface area contributed by atoms with Crippen LogP contribution in [0.1, 0.15) is 48.7 Å². The molecular weight excluding hydrogens is 202 g/mol. The summed E-state index contributed by atoms with van der Waals surface area (Å²) in [5, 5.41) is 9.65. The fourth-order valence-corrected chi connectivity index (χ4v) is 2.27. The molecule has 0 radical (unpaired) electrons. The highest BCUT2D eigenvalue weighted by molar-refractivity contribution is 5.94. The number of carbonyl (C=O) groups excluding carboxylic acids is 1. The Morgan fingerprint density at radius 3 is 2.81 bits per heavy atom. The van der Waals surface area contributed by atoms with E-state index in [0.29, 0.717) is 11.0 Å². The first-order valence-electron chi connectivity index (χ1n) is 5.95. The molecular formula is C12H19N3O. The quantitative estimate of drug-likeness (QED) is 0.817. The van der Waals surface area contributed by atoms with Gasteiger partial charge in [0.25, 0.3) is 5.91 Å². The van der Waals surface area contributed by atoms with Gasteiger partial charge in [0.15, 0.2) is 0 Å². The number of hydrogen-bond acceptors (Lipinski definition) is 2. The fourth-order valence-electron chi connectivity index (χ4n) is 2.27. The van der Waals surface area contributed by atoms with Crippen LogP contribution in [0.25, 0.3) is 0 Å². The molecule has 1 aliphatic rings. The number of aryl methyl sites for hydroxylation is 1. The maximum absolute atomic E-state index is 11.9. The number of amides is 1. The smallest absolute Gasteiger partial charge is 0.254 e. The van der Waals surface area contributed by atoms with Crippen LogP contribution < -0.4 is 5.32 Å². The summed E-state index contributed by atoms with van der Waals surface area (Å²) in [6.45, 7) is 4.86. The number of aromatic nitrogens is 2. The Kier molecular flexibility index (Phi) is 2.99. The van der Waals surface area contributed by atoms with Gasteiger partial charge in [-0.05, 0) is 31.6 Å². The highest BCUT2D eigenvalue weighted by atomic mass is 16.1. The number of nitrogens with zero attached hydrogens (tertiary/aromatic N) is 1. The Bertz CT molecular complexity index is 374. The van der Waals surface area contributed by atoms with Crippen LogP contribution in [-0.4, -0.2) is 22.6 Å². The summed E-state index contributed by atoms with van der Waals surface area (Å²) in [5.74, 6) is -0.00836. The molecule has 4 heteroatoms. The average Bonchev–Trinajstić information content (AvgIpc) is 2.63. The van der Waals surface area contributed by atoms with Gasteiger partial charge in [0.05, 0.1) is 11.8 Å². The van der Waals surface area contributed by atoms with E-state index < -0.39 is 0 Å². The molecule has 0 bridgehead atoms. The third-order valence-electron chi connectivity index (χ3n) is 3.86. The lowest BCUT2D eigenvalue weighted by atomic mass is 9.67. The van der Waals surface area contributed by atoms with E-state index in [1.807, 2.05) is 6.92 Å². The monoisotopic (exact) mass is 221 g/mol.